The molecule has 1 aliphatic rings. The number of carboxylic acids is 1. The SMILES string of the molecule is CN1C(=O)[C@](C)(CCC(=O)O)c2ccccc21. The molecule has 1 aromatic rings. The first-order chi connectivity index (χ1) is 7.97. The molecule has 0 bridgehead atoms. The Morgan fingerprint density at radius 1 is 1.41 bits per heavy atom. The maximum atomic E-state index is 12.2. The summed E-state index contributed by atoms with van der Waals surface area (Å²) in [5.74, 6) is -0.897. The number of hydrogen-bond acceptors (Lipinski definition) is 2. The summed E-state index contributed by atoms with van der Waals surface area (Å²) in [4.78, 5) is 24.5. The van der Waals surface area contributed by atoms with Crippen LogP contribution in [0, 0.1) is 0 Å². The summed E-state index contributed by atoms with van der Waals surface area (Å²) in [6, 6.07) is 7.55. The third kappa shape index (κ3) is 1.69. The van der Waals surface area contributed by atoms with Crippen LogP contribution < -0.4 is 4.90 Å². The molecule has 1 atom stereocenters. The number of rotatable bonds is 3. The molecular weight excluding hydrogens is 218 g/mol. The van der Waals surface area contributed by atoms with E-state index in [1.54, 1.807) is 11.9 Å². The van der Waals surface area contributed by atoms with Crippen molar-refractivity contribution in [2.24, 2.45) is 0 Å². The number of fused-ring (bicyclic) bond motifs is 1. The van der Waals surface area contributed by atoms with Crippen LogP contribution in [0.5, 0.6) is 0 Å². The summed E-state index contributed by atoms with van der Waals surface area (Å²) in [6.07, 6.45) is 0.340. The Labute approximate surface area is 99.9 Å². The maximum Gasteiger partial charge on any atom is 0.303 e. The van der Waals surface area contributed by atoms with Gasteiger partial charge in [0.05, 0.1) is 5.41 Å². The van der Waals surface area contributed by atoms with Crippen LogP contribution in [-0.2, 0) is 15.0 Å². The van der Waals surface area contributed by atoms with Crippen LogP contribution in [0.3, 0.4) is 0 Å². The van der Waals surface area contributed by atoms with Gasteiger partial charge >= 0.3 is 5.97 Å². The molecule has 1 N–H and O–H groups in total. The van der Waals surface area contributed by atoms with E-state index >= 15 is 0 Å². The van der Waals surface area contributed by atoms with Gasteiger partial charge < -0.3 is 10.0 Å². The lowest BCUT2D eigenvalue weighted by molar-refractivity contribution is -0.137. The van der Waals surface area contributed by atoms with Crippen LogP contribution in [-0.4, -0.2) is 24.0 Å². The molecule has 0 aromatic heterocycles. The van der Waals surface area contributed by atoms with Crippen molar-refractivity contribution in [3.8, 4) is 0 Å². The number of aliphatic carboxylic acids is 1. The Kier molecular flexibility index (Phi) is 2.65. The van der Waals surface area contributed by atoms with Crippen molar-refractivity contribution in [3.63, 3.8) is 0 Å². The van der Waals surface area contributed by atoms with E-state index in [9.17, 15) is 9.59 Å². The molecule has 0 radical (unpaired) electrons. The molecule has 4 heteroatoms. The summed E-state index contributed by atoms with van der Waals surface area (Å²) in [5, 5.41) is 8.76. The number of carbonyl (C=O) groups is 2. The van der Waals surface area contributed by atoms with Gasteiger partial charge in [0.2, 0.25) is 5.91 Å². The average molecular weight is 233 g/mol. The van der Waals surface area contributed by atoms with E-state index < -0.39 is 11.4 Å². The second-order valence-electron chi connectivity index (χ2n) is 4.61. The molecule has 2 rings (SSSR count). The Balaban J connectivity index is 2.41. The third-order valence-electron chi connectivity index (χ3n) is 3.48. The van der Waals surface area contributed by atoms with Gasteiger partial charge in [0.25, 0.3) is 0 Å². The van der Waals surface area contributed by atoms with E-state index in [-0.39, 0.29) is 12.3 Å². The van der Waals surface area contributed by atoms with Crippen LogP contribution in [0.25, 0.3) is 0 Å². The quantitative estimate of drug-likeness (QED) is 0.865. The first kappa shape index (κ1) is 11.6. The van der Waals surface area contributed by atoms with Gasteiger partial charge in [-0.1, -0.05) is 18.2 Å². The zero-order chi connectivity index (χ0) is 12.6. The first-order valence-electron chi connectivity index (χ1n) is 5.56. The van der Waals surface area contributed by atoms with Crippen molar-refractivity contribution in [2.45, 2.75) is 25.2 Å². The molecule has 17 heavy (non-hydrogen) atoms. The Morgan fingerprint density at radius 2 is 2.06 bits per heavy atom. The van der Waals surface area contributed by atoms with Crippen molar-refractivity contribution < 1.29 is 14.7 Å². The molecule has 0 saturated heterocycles. The van der Waals surface area contributed by atoms with Gasteiger partial charge in [-0.15, -0.1) is 0 Å². The van der Waals surface area contributed by atoms with Gasteiger partial charge in [0, 0.05) is 19.2 Å². The van der Waals surface area contributed by atoms with Crippen LogP contribution in [0.1, 0.15) is 25.3 Å². The zero-order valence-electron chi connectivity index (χ0n) is 9.93. The number of carbonyl (C=O) groups excluding carboxylic acids is 1. The highest BCUT2D eigenvalue weighted by Crippen LogP contribution is 2.43. The topological polar surface area (TPSA) is 57.6 Å². The lowest BCUT2D eigenvalue weighted by Crippen LogP contribution is -2.36. The van der Waals surface area contributed by atoms with E-state index in [2.05, 4.69) is 0 Å². The number of carboxylic acid groups (broad SMARTS) is 1. The molecule has 90 valence electrons. The van der Waals surface area contributed by atoms with Crippen LogP contribution in [0.2, 0.25) is 0 Å². The third-order valence-corrected chi connectivity index (χ3v) is 3.48. The molecule has 4 nitrogen and oxygen atoms in total. The summed E-state index contributed by atoms with van der Waals surface area (Å²) in [5.41, 5.74) is 1.10. The van der Waals surface area contributed by atoms with Crippen molar-refractivity contribution in [3.05, 3.63) is 29.8 Å². The molecule has 1 aromatic carbocycles. The maximum absolute atomic E-state index is 12.2. The number of benzene rings is 1. The fourth-order valence-electron chi connectivity index (χ4n) is 2.43. The number of likely N-dealkylation sites (N-methyl/N-ethyl adjacent to an activating group) is 1. The zero-order valence-corrected chi connectivity index (χ0v) is 9.93. The van der Waals surface area contributed by atoms with Gasteiger partial charge in [0.1, 0.15) is 0 Å². The van der Waals surface area contributed by atoms with Gasteiger partial charge in [-0.25, -0.2) is 0 Å². The Hall–Kier alpha value is -1.84. The largest absolute Gasteiger partial charge is 0.481 e. The molecule has 0 spiro atoms. The van der Waals surface area contributed by atoms with Crippen molar-refractivity contribution >= 4 is 17.6 Å². The summed E-state index contributed by atoms with van der Waals surface area (Å²) in [6.45, 7) is 1.82. The van der Waals surface area contributed by atoms with Gasteiger partial charge in [-0.3, -0.25) is 9.59 Å². The fraction of sp³-hybridized carbons (Fsp3) is 0.385. The molecule has 1 heterocycles. The van der Waals surface area contributed by atoms with Gasteiger partial charge in [-0.05, 0) is 25.0 Å². The standard InChI is InChI=1S/C13H15NO3/c1-13(8-7-11(15)16)9-5-3-4-6-10(9)14(2)12(13)17/h3-6H,7-8H2,1-2H3,(H,15,16)/t13-/m1/s1. The first-order valence-corrected chi connectivity index (χ1v) is 5.56. The number of nitrogens with zero attached hydrogens (tertiary/aromatic N) is 1. The molecule has 0 fully saturated rings. The normalized spacial score (nSPS) is 22.7. The lowest BCUT2D eigenvalue weighted by Gasteiger charge is -2.22. The van der Waals surface area contributed by atoms with Crippen LogP contribution in [0.4, 0.5) is 5.69 Å². The Bertz CT molecular complexity index is 483. The summed E-state index contributed by atoms with van der Waals surface area (Å²) >= 11 is 0. The Morgan fingerprint density at radius 3 is 2.71 bits per heavy atom. The smallest absolute Gasteiger partial charge is 0.303 e. The molecule has 1 aliphatic heterocycles. The number of hydrogen-bond donors (Lipinski definition) is 1. The van der Waals surface area contributed by atoms with Crippen molar-refractivity contribution in [2.75, 3.05) is 11.9 Å². The molecule has 1 amide bonds. The minimum Gasteiger partial charge on any atom is -0.481 e. The number of amides is 1. The number of para-hydroxylation sites is 1. The average Bonchev–Trinajstić information content (AvgIpc) is 2.51. The number of anilines is 1. The summed E-state index contributed by atoms with van der Waals surface area (Å²) < 4.78 is 0. The van der Waals surface area contributed by atoms with Crippen LogP contribution >= 0.6 is 0 Å². The predicted molar refractivity (Wildman–Crippen MR) is 64.1 cm³/mol. The highest BCUT2D eigenvalue weighted by atomic mass is 16.4. The molecular formula is C13H15NO3. The lowest BCUT2D eigenvalue weighted by atomic mass is 9.79. The van der Waals surface area contributed by atoms with E-state index in [0.29, 0.717) is 6.42 Å². The second-order valence-corrected chi connectivity index (χ2v) is 4.61. The molecule has 0 saturated carbocycles. The van der Waals surface area contributed by atoms with Crippen LogP contribution in [0.15, 0.2) is 24.3 Å². The van der Waals surface area contributed by atoms with Crippen molar-refractivity contribution in [1.29, 1.82) is 0 Å². The minimum absolute atomic E-state index is 0.00438. The van der Waals surface area contributed by atoms with E-state index in [4.69, 9.17) is 5.11 Å². The highest BCUT2D eigenvalue weighted by Gasteiger charge is 2.45. The van der Waals surface area contributed by atoms with E-state index in [1.807, 2.05) is 31.2 Å². The second kappa shape index (κ2) is 3.87. The summed E-state index contributed by atoms with van der Waals surface area (Å²) in [7, 11) is 1.73. The fourth-order valence-corrected chi connectivity index (χ4v) is 2.43. The van der Waals surface area contributed by atoms with Gasteiger partial charge in [0.15, 0.2) is 0 Å². The van der Waals surface area contributed by atoms with E-state index in [0.717, 1.165) is 11.3 Å². The van der Waals surface area contributed by atoms with Crippen molar-refractivity contribution in [1.82, 2.24) is 0 Å². The highest BCUT2D eigenvalue weighted by molar-refractivity contribution is 6.07. The molecule has 0 aliphatic carbocycles. The van der Waals surface area contributed by atoms with Gasteiger partial charge in [-0.2, -0.15) is 0 Å². The minimum atomic E-state index is -0.869. The monoisotopic (exact) mass is 233 g/mol. The molecule has 0 unspecified atom stereocenters. The predicted octanol–water partition coefficient (Wildman–Crippen LogP) is 1.79. The van der Waals surface area contributed by atoms with E-state index in [1.165, 1.54) is 0 Å².